The second-order valence-corrected chi connectivity index (χ2v) is 5.49. The number of hydrogen-bond donors (Lipinski definition) is 1. The van der Waals surface area contributed by atoms with Gasteiger partial charge < -0.3 is 5.32 Å². The zero-order valence-electron chi connectivity index (χ0n) is 9.61. The summed E-state index contributed by atoms with van der Waals surface area (Å²) in [7, 11) is 0. The average Bonchev–Trinajstić information content (AvgIpc) is 2.78. The first-order valence-corrected chi connectivity index (χ1v) is 7.15. The minimum Gasteiger partial charge on any atom is -0.312 e. The van der Waals surface area contributed by atoms with E-state index in [4.69, 9.17) is 0 Å². The van der Waals surface area contributed by atoms with Crippen molar-refractivity contribution in [2.24, 2.45) is 0 Å². The van der Waals surface area contributed by atoms with E-state index in [-0.39, 0.29) is 0 Å². The molecule has 3 nitrogen and oxygen atoms in total. The fourth-order valence-corrected chi connectivity index (χ4v) is 2.59. The summed E-state index contributed by atoms with van der Waals surface area (Å²) >= 11 is 4.94. The molecule has 0 saturated heterocycles. The summed E-state index contributed by atoms with van der Waals surface area (Å²) in [5.74, 6) is 0. The van der Waals surface area contributed by atoms with Gasteiger partial charge >= 0.3 is 0 Å². The molecular formula is C12H14BrN3S. The third kappa shape index (κ3) is 3.34. The van der Waals surface area contributed by atoms with Crippen LogP contribution in [0, 0.1) is 0 Å². The van der Waals surface area contributed by atoms with Crippen molar-refractivity contribution in [2.45, 2.75) is 19.9 Å². The molecule has 1 aromatic carbocycles. The van der Waals surface area contributed by atoms with Gasteiger partial charge in [-0.05, 0) is 36.6 Å². The maximum absolute atomic E-state index is 4.21. The molecule has 1 aromatic heterocycles. The number of aromatic nitrogens is 2. The molecular weight excluding hydrogens is 298 g/mol. The molecule has 0 aliphatic heterocycles. The molecule has 0 bridgehead atoms. The number of rotatable bonds is 5. The van der Waals surface area contributed by atoms with E-state index in [1.54, 1.807) is 0 Å². The van der Waals surface area contributed by atoms with Gasteiger partial charge in [0.05, 0.1) is 4.88 Å². The molecule has 17 heavy (non-hydrogen) atoms. The van der Waals surface area contributed by atoms with Crippen LogP contribution in [0.1, 0.15) is 18.2 Å². The van der Waals surface area contributed by atoms with Crippen LogP contribution < -0.4 is 5.32 Å². The SMILES string of the molecule is CCCNCc1snnc1-c1cccc(Br)c1. The van der Waals surface area contributed by atoms with Gasteiger partial charge in [0.25, 0.3) is 0 Å². The quantitative estimate of drug-likeness (QED) is 0.859. The first kappa shape index (κ1) is 12.7. The lowest BCUT2D eigenvalue weighted by Crippen LogP contribution is -2.13. The summed E-state index contributed by atoms with van der Waals surface area (Å²) in [5.41, 5.74) is 2.10. The Hall–Kier alpha value is -0.780. The minimum atomic E-state index is 0.841. The van der Waals surface area contributed by atoms with Crippen LogP contribution in [-0.4, -0.2) is 16.1 Å². The van der Waals surface area contributed by atoms with Gasteiger partial charge in [0.15, 0.2) is 0 Å². The van der Waals surface area contributed by atoms with Crippen LogP contribution in [0.3, 0.4) is 0 Å². The highest BCUT2D eigenvalue weighted by Gasteiger charge is 2.09. The molecule has 0 aliphatic carbocycles. The Kier molecular flexibility index (Phi) is 4.65. The molecule has 0 unspecified atom stereocenters. The van der Waals surface area contributed by atoms with Crippen molar-refractivity contribution < 1.29 is 0 Å². The zero-order chi connectivity index (χ0) is 12.1. The van der Waals surface area contributed by atoms with Crippen LogP contribution in [0.5, 0.6) is 0 Å². The highest BCUT2D eigenvalue weighted by atomic mass is 79.9. The summed E-state index contributed by atoms with van der Waals surface area (Å²) in [6.07, 6.45) is 1.14. The lowest BCUT2D eigenvalue weighted by Gasteiger charge is -2.03. The summed E-state index contributed by atoms with van der Waals surface area (Å²) in [6.45, 7) is 4.02. The van der Waals surface area contributed by atoms with Crippen LogP contribution in [0.25, 0.3) is 11.3 Å². The second kappa shape index (κ2) is 6.23. The Labute approximate surface area is 114 Å². The first-order valence-electron chi connectivity index (χ1n) is 5.59. The summed E-state index contributed by atoms with van der Waals surface area (Å²) in [5, 5.41) is 7.59. The van der Waals surface area contributed by atoms with Gasteiger partial charge in [-0.1, -0.05) is 39.5 Å². The third-order valence-corrected chi connectivity index (χ3v) is 3.58. The van der Waals surface area contributed by atoms with E-state index in [1.807, 2.05) is 12.1 Å². The van der Waals surface area contributed by atoms with Crippen LogP contribution in [0.2, 0.25) is 0 Å². The molecule has 0 amide bonds. The molecule has 0 atom stereocenters. The smallest absolute Gasteiger partial charge is 0.110 e. The molecule has 2 rings (SSSR count). The van der Waals surface area contributed by atoms with Crippen molar-refractivity contribution in [2.75, 3.05) is 6.54 Å². The number of hydrogen-bond acceptors (Lipinski definition) is 4. The van der Waals surface area contributed by atoms with Gasteiger partial charge in [-0.2, -0.15) is 0 Å². The van der Waals surface area contributed by atoms with E-state index in [9.17, 15) is 0 Å². The molecule has 1 heterocycles. The largest absolute Gasteiger partial charge is 0.312 e. The predicted molar refractivity (Wildman–Crippen MR) is 75.0 cm³/mol. The van der Waals surface area contributed by atoms with E-state index in [0.29, 0.717) is 0 Å². The van der Waals surface area contributed by atoms with Gasteiger partial charge in [-0.3, -0.25) is 0 Å². The van der Waals surface area contributed by atoms with Crippen LogP contribution >= 0.6 is 27.5 Å². The normalized spacial score (nSPS) is 10.7. The number of nitrogens with one attached hydrogen (secondary N) is 1. The Bertz CT molecular complexity index is 484. The maximum Gasteiger partial charge on any atom is 0.110 e. The zero-order valence-corrected chi connectivity index (χ0v) is 12.0. The predicted octanol–water partition coefficient (Wildman–Crippen LogP) is 3.47. The molecule has 5 heteroatoms. The lowest BCUT2D eigenvalue weighted by molar-refractivity contribution is 0.681. The molecule has 2 aromatic rings. The van der Waals surface area contributed by atoms with Gasteiger partial charge in [0.1, 0.15) is 5.69 Å². The van der Waals surface area contributed by atoms with Gasteiger partial charge in [0.2, 0.25) is 0 Å². The Balaban J connectivity index is 2.18. The minimum absolute atomic E-state index is 0.841. The fraction of sp³-hybridized carbons (Fsp3) is 0.333. The van der Waals surface area contributed by atoms with Crippen molar-refractivity contribution in [1.29, 1.82) is 0 Å². The Morgan fingerprint density at radius 3 is 3.06 bits per heavy atom. The highest BCUT2D eigenvalue weighted by molar-refractivity contribution is 9.10. The third-order valence-electron chi connectivity index (χ3n) is 2.37. The number of halogens is 1. The van der Waals surface area contributed by atoms with Gasteiger partial charge in [0, 0.05) is 16.6 Å². The molecule has 0 fully saturated rings. The van der Waals surface area contributed by atoms with E-state index < -0.39 is 0 Å². The average molecular weight is 312 g/mol. The monoisotopic (exact) mass is 311 g/mol. The van der Waals surface area contributed by atoms with Gasteiger partial charge in [-0.25, -0.2) is 0 Å². The molecule has 0 aliphatic rings. The highest BCUT2D eigenvalue weighted by Crippen LogP contribution is 2.26. The molecule has 0 radical (unpaired) electrons. The molecule has 0 saturated carbocycles. The second-order valence-electron chi connectivity index (χ2n) is 3.73. The van der Waals surface area contributed by atoms with Gasteiger partial charge in [-0.15, -0.1) is 5.10 Å². The lowest BCUT2D eigenvalue weighted by atomic mass is 10.1. The molecule has 90 valence electrons. The summed E-state index contributed by atoms with van der Waals surface area (Å²) in [4.78, 5) is 1.19. The standard InChI is InChI=1S/C12H14BrN3S/c1-2-6-14-8-11-12(15-16-17-11)9-4-3-5-10(13)7-9/h3-5,7,14H,2,6,8H2,1H3. The van der Waals surface area contributed by atoms with E-state index in [0.717, 1.165) is 35.2 Å². The summed E-state index contributed by atoms with van der Waals surface area (Å²) < 4.78 is 5.11. The fourth-order valence-electron chi connectivity index (χ4n) is 1.56. The molecule has 1 N–H and O–H groups in total. The Morgan fingerprint density at radius 1 is 1.41 bits per heavy atom. The van der Waals surface area contributed by atoms with E-state index in [2.05, 4.69) is 49.9 Å². The number of nitrogens with zero attached hydrogens (tertiary/aromatic N) is 2. The summed E-state index contributed by atoms with van der Waals surface area (Å²) in [6, 6.07) is 8.16. The molecule has 0 spiro atoms. The van der Waals surface area contributed by atoms with E-state index >= 15 is 0 Å². The van der Waals surface area contributed by atoms with Crippen molar-refractivity contribution in [1.82, 2.24) is 14.9 Å². The maximum atomic E-state index is 4.21. The number of benzene rings is 1. The van der Waals surface area contributed by atoms with Crippen molar-refractivity contribution >= 4 is 27.5 Å². The van der Waals surface area contributed by atoms with E-state index in [1.165, 1.54) is 16.4 Å². The van der Waals surface area contributed by atoms with Crippen LogP contribution in [0.15, 0.2) is 28.7 Å². The van der Waals surface area contributed by atoms with Crippen LogP contribution in [0.4, 0.5) is 0 Å². The van der Waals surface area contributed by atoms with Crippen molar-refractivity contribution in [3.63, 3.8) is 0 Å². The topological polar surface area (TPSA) is 37.8 Å². The van der Waals surface area contributed by atoms with Crippen molar-refractivity contribution in [3.8, 4) is 11.3 Å². The Morgan fingerprint density at radius 2 is 2.29 bits per heavy atom. The van der Waals surface area contributed by atoms with Crippen LogP contribution in [-0.2, 0) is 6.54 Å². The first-order chi connectivity index (χ1) is 8.31. The van der Waals surface area contributed by atoms with Crippen molar-refractivity contribution in [3.05, 3.63) is 33.6 Å².